The molecule has 0 saturated carbocycles. The molecule has 1 fully saturated rings. The maximum absolute atomic E-state index is 12.4. The molecule has 1 aliphatic rings. The van der Waals surface area contributed by atoms with E-state index < -0.39 is 0 Å². The van der Waals surface area contributed by atoms with E-state index in [-0.39, 0.29) is 5.91 Å². The highest BCUT2D eigenvalue weighted by Crippen LogP contribution is 2.24. The number of hydrogen-bond donors (Lipinski definition) is 2. The Morgan fingerprint density at radius 3 is 2.81 bits per heavy atom. The van der Waals surface area contributed by atoms with Crippen LogP contribution in [0.3, 0.4) is 0 Å². The molecule has 1 aliphatic heterocycles. The molecule has 5 nitrogen and oxygen atoms in total. The molecule has 0 bridgehead atoms. The van der Waals surface area contributed by atoms with E-state index in [1.54, 1.807) is 0 Å². The van der Waals surface area contributed by atoms with Crippen molar-refractivity contribution in [1.82, 2.24) is 10.2 Å². The summed E-state index contributed by atoms with van der Waals surface area (Å²) in [7, 11) is 0. The minimum atomic E-state index is -0.0397. The van der Waals surface area contributed by atoms with Gasteiger partial charge in [0.1, 0.15) is 5.58 Å². The molecule has 2 N–H and O–H groups in total. The summed E-state index contributed by atoms with van der Waals surface area (Å²) in [6.07, 6.45) is 0. The molecule has 2 aromatic rings. The lowest BCUT2D eigenvalue weighted by atomic mass is 10.2. The van der Waals surface area contributed by atoms with E-state index in [4.69, 9.17) is 4.42 Å². The number of piperazine rings is 1. The third kappa shape index (κ3) is 2.92. The van der Waals surface area contributed by atoms with Gasteiger partial charge < -0.3 is 20.0 Å². The van der Waals surface area contributed by atoms with Crippen molar-refractivity contribution in [3.05, 3.63) is 42.3 Å². The zero-order valence-electron chi connectivity index (χ0n) is 12.1. The number of allylic oxidation sites excluding steroid dienone is 1. The van der Waals surface area contributed by atoms with Crippen molar-refractivity contribution in [2.45, 2.75) is 6.92 Å². The molecule has 1 aromatic carbocycles. The van der Waals surface area contributed by atoms with Crippen LogP contribution in [-0.4, -0.2) is 37.0 Å². The number of carbonyl (C=O) groups is 1. The molecule has 0 aliphatic carbocycles. The molecule has 110 valence electrons. The Balaban J connectivity index is 1.86. The van der Waals surface area contributed by atoms with Crippen LogP contribution in [0.1, 0.15) is 17.5 Å². The molecular formula is C16H19N3O2. The highest BCUT2D eigenvalue weighted by molar-refractivity contribution is 5.96. The number of fused-ring (bicyclic) bond motifs is 1. The van der Waals surface area contributed by atoms with Crippen molar-refractivity contribution in [2.75, 3.05) is 31.5 Å². The number of anilines is 1. The molecule has 0 unspecified atom stereocenters. The zero-order valence-corrected chi connectivity index (χ0v) is 12.1. The van der Waals surface area contributed by atoms with Crippen LogP contribution >= 0.6 is 0 Å². The molecule has 2 heterocycles. The average Bonchev–Trinajstić information content (AvgIpc) is 2.90. The van der Waals surface area contributed by atoms with E-state index in [0.29, 0.717) is 5.76 Å². The summed E-state index contributed by atoms with van der Waals surface area (Å²) in [6, 6.07) is 7.56. The third-order valence-corrected chi connectivity index (χ3v) is 3.49. The first kappa shape index (κ1) is 13.7. The number of nitrogens with zero attached hydrogens (tertiary/aromatic N) is 1. The average molecular weight is 285 g/mol. The van der Waals surface area contributed by atoms with Crippen molar-refractivity contribution in [1.29, 1.82) is 0 Å². The standard InChI is InChI=1S/C16H19N3O2/c1-11(2)18-13-3-4-14-12(9-13)10-15(21-14)16(20)19-7-5-17-6-8-19/h3-4,9-10,17-18H,1,5-8H2,2H3. The second kappa shape index (κ2) is 5.61. The Hall–Kier alpha value is -2.27. The number of hydrogen-bond acceptors (Lipinski definition) is 4. The van der Waals surface area contributed by atoms with Crippen molar-refractivity contribution in [3.63, 3.8) is 0 Å². The minimum Gasteiger partial charge on any atom is -0.451 e. The van der Waals surface area contributed by atoms with Gasteiger partial charge in [-0.1, -0.05) is 6.58 Å². The van der Waals surface area contributed by atoms with Gasteiger partial charge in [-0.05, 0) is 31.2 Å². The molecule has 3 rings (SSSR count). The lowest BCUT2D eigenvalue weighted by Gasteiger charge is -2.26. The lowest BCUT2D eigenvalue weighted by molar-refractivity contribution is 0.0706. The lowest BCUT2D eigenvalue weighted by Crippen LogP contribution is -2.46. The van der Waals surface area contributed by atoms with Crippen LogP contribution in [0.25, 0.3) is 11.0 Å². The van der Waals surface area contributed by atoms with E-state index >= 15 is 0 Å². The Morgan fingerprint density at radius 2 is 2.10 bits per heavy atom. The maximum Gasteiger partial charge on any atom is 0.289 e. The fourth-order valence-electron chi connectivity index (χ4n) is 2.50. The largest absolute Gasteiger partial charge is 0.451 e. The first-order valence-corrected chi connectivity index (χ1v) is 7.09. The Kier molecular flexibility index (Phi) is 3.66. The zero-order chi connectivity index (χ0) is 14.8. The van der Waals surface area contributed by atoms with Gasteiger partial charge in [-0.3, -0.25) is 4.79 Å². The summed E-state index contributed by atoms with van der Waals surface area (Å²) < 4.78 is 5.68. The van der Waals surface area contributed by atoms with Crippen LogP contribution in [0.2, 0.25) is 0 Å². The van der Waals surface area contributed by atoms with Crippen LogP contribution < -0.4 is 10.6 Å². The fourth-order valence-corrected chi connectivity index (χ4v) is 2.50. The molecule has 0 atom stereocenters. The monoisotopic (exact) mass is 285 g/mol. The van der Waals surface area contributed by atoms with Crippen LogP contribution in [0.5, 0.6) is 0 Å². The van der Waals surface area contributed by atoms with E-state index in [2.05, 4.69) is 17.2 Å². The second-order valence-corrected chi connectivity index (χ2v) is 5.31. The number of carbonyl (C=O) groups excluding carboxylic acids is 1. The van der Waals surface area contributed by atoms with Gasteiger partial charge in [-0.2, -0.15) is 0 Å². The molecule has 0 spiro atoms. The van der Waals surface area contributed by atoms with Gasteiger partial charge in [0.2, 0.25) is 0 Å². The van der Waals surface area contributed by atoms with E-state index in [1.807, 2.05) is 36.1 Å². The predicted octanol–water partition coefficient (Wildman–Crippen LogP) is 2.42. The number of benzene rings is 1. The summed E-state index contributed by atoms with van der Waals surface area (Å²) >= 11 is 0. The number of furan rings is 1. The molecule has 21 heavy (non-hydrogen) atoms. The van der Waals surface area contributed by atoms with E-state index in [1.165, 1.54) is 0 Å². The van der Waals surface area contributed by atoms with Gasteiger partial charge in [-0.15, -0.1) is 0 Å². The highest BCUT2D eigenvalue weighted by Gasteiger charge is 2.21. The van der Waals surface area contributed by atoms with Crippen molar-refractivity contribution in [3.8, 4) is 0 Å². The first-order chi connectivity index (χ1) is 10.1. The van der Waals surface area contributed by atoms with E-state index in [9.17, 15) is 4.79 Å². The van der Waals surface area contributed by atoms with Gasteiger partial charge in [0.15, 0.2) is 5.76 Å². The van der Waals surface area contributed by atoms with Gasteiger partial charge in [-0.25, -0.2) is 0 Å². The predicted molar refractivity (Wildman–Crippen MR) is 83.4 cm³/mol. The Morgan fingerprint density at radius 1 is 1.33 bits per heavy atom. The summed E-state index contributed by atoms with van der Waals surface area (Å²) in [5.74, 6) is 0.362. The Bertz CT molecular complexity index is 684. The van der Waals surface area contributed by atoms with Crippen LogP contribution in [0.4, 0.5) is 5.69 Å². The number of nitrogens with one attached hydrogen (secondary N) is 2. The Labute approximate surface area is 123 Å². The van der Waals surface area contributed by atoms with Crippen LogP contribution in [-0.2, 0) is 0 Å². The van der Waals surface area contributed by atoms with Gasteiger partial charge >= 0.3 is 0 Å². The molecule has 0 radical (unpaired) electrons. The number of amides is 1. The highest BCUT2D eigenvalue weighted by atomic mass is 16.3. The quantitative estimate of drug-likeness (QED) is 0.909. The fraction of sp³-hybridized carbons (Fsp3) is 0.312. The summed E-state index contributed by atoms with van der Waals surface area (Å²) in [4.78, 5) is 14.2. The van der Waals surface area contributed by atoms with Gasteiger partial charge in [0, 0.05) is 42.9 Å². The van der Waals surface area contributed by atoms with Crippen LogP contribution in [0.15, 0.2) is 41.0 Å². The molecular weight excluding hydrogens is 266 g/mol. The van der Waals surface area contributed by atoms with E-state index in [0.717, 1.165) is 48.5 Å². The number of rotatable bonds is 3. The van der Waals surface area contributed by atoms with Gasteiger partial charge in [0.25, 0.3) is 5.91 Å². The summed E-state index contributed by atoms with van der Waals surface area (Å²) in [5, 5.41) is 7.31. The molecule has 1 saturated heterocycles. The topological polar surface area (TPSA) is 57.5 Å². The maximum atomic E-state index is 12.4. The smallest absolute Gasteiger partial charge is 0.289 e. The minimum absolute atomic E-state index is 0.0397. The van der Waals surface area contributed by atoms with Crippen LogP contribution in [0, 0.1) is 0 Å². The summed E-state index contributed by atoms with van der Waals surface area (Å²) in [5.41, 5.74) is 2.53. The second-order valence-electron chi connectivity index (χ2n) is 5.31. The SMILES string of the molecule is C=C(C)Nc1ccc2oc(C(=O)N3CCNCC3)cc2c1. The first-order valence-electron chi connectivity index (χ1n) is 7.09. The molecule has 5 heteroatoms. The summed E-state index contributed by atoms with van der Waals surface area (Å²) in [6.45, 7) is 8.83. The van der Waals surface area contributed by atoms with Crippen molar-refractivity contribution in [2.24, 2.45) is 0 Å². The van der Waals surface area contributed by atoms with Gasteiger partial charge in [0.05, 0.1) is 0 Å². The molecule has 1 amide bonds. The third-order valence-electron chi connectivity index (χ3n) is 3.49. The van der Waals surface area contributed by atoms with Crippen molar-refractivity contribution >= 4 is 22.6 Å². The van der Waals surface area contributed by atoms with Crippen molar-refractivity contribution < 1.29 is 9.21 Å². The normalized spacial score (nSPS) is 15.2. The molecule has 1 aromatic heterocycles.